The number of hydrogen-bond donors (Lipinski definition) is 1. The van der Waals surface area contributed by atoms with Crippen molar-refractivity contribution < 1.29 is 14.3 Å². The van der Waals surface area contributed by atoms with Gasteiger partial charge >= 0.3 is 0 Å². The van der Waals surface area contributed by atoms with Crippen molar-refractivity contribution in [3.63, 3.8) is 0 Å². The molecule has 1 aliphatic rings. The number of methoxy groups -OCH3 is 1. The lowest BCUT2D eigenvalue weighted by Gasteiger charge is -2.38. The Kier molecular flexibility index (Phi) is 5.75. The minimum Gasteiger partial charge on any atom is -0.490 e. The second kappa shape index (κ2) is 8.63. The van der Waals surface area contributed by atoms with Crippen LogP contribution in [0.2, 0.25) is 0 Å². The number of carbonyl (C=O) groups is 1. The summed E-state index contributed by atoms with van der Waals surface area (Å²) < 4.78 is 11.4. The number of benzene rings is 1. The predicted molar refractivity (Wildman–Crippen MR) is 115 cm³/mol. The molecule has 2 unspecified atom stereocenters. The molecule has 2 N–H and O–H groups in total. The SMILES string of the molecule is COc1c(N)ccnc1OC1CCC(C)N(C(=O)c2ccc(C)cc2-n2nccn2)C1. The van der Waals surface area contributed by atoms with Gasteiger partial charge in [-0.3, -0.25) is 4.79 Å². The minimum atomic E-state index is -0.222. The maximum absolute atomic E-state index is 13.6. The molecule has 4 rings (SSSR count). The number of piperidine rings is 1. The van der Waals surface area contributed by atoms with Crippen LogP contribution < -0.4 is 15.2 Å². The summed E-state index contributed by atoms with van der Waals surface area (Å²) in [4.78, 5) is 21.1. The van der Waals surface area contributed by atoms with Crippen LogP contribution in [0.5, 0.6) is 11.6 Å². The first-order valence-corrected chi connectivity index (χ1v) is 10.2. The highest BCUT2D eigenvalue weighted by atomic mass is 16.5. The molecule has 2 aromatic heterocycles. The average molecular weight is 422 g/mol. The van der Waals surface area contributed by atoms with Gasteiger partial charge in [0.2, 0.25) is 5.75 Å². The number of pyridine rings is 1. The van der Waals surface area contributed by atoms with Crippen LogP contribution in [0.4, 0.5) is 5.69 Å². The summed E-state index contributed by atoms with van der Waals surface area (Å²) >= 11 is 0. The van der Waals surface area contributed by atoms with Crippen molar-refractivity contribution in [1.29, 1.82) is 0 Å². The second-order valence-corrected chi connectivity index (χ2v) is 7.70. The Morgan fingerprint density at radius 1 is 1.16 bits per heavy atom. The average Bonchev–Trinajstić information content (AvgIpc) is 3.30. The highest BCUT2D eigenvalue weighted by Gasteiger charge is 2.33. The van der Waals surface area contributed by atoms with Gasteiger partial charge in [0, 0.05) is 12.2 Å². The molecule has 0 bridgehead atoms. The van der Waals surface area contributed by atoms with Crippen LogP contribution in [0.25, 0.3) is 5.69 Å². The first-order valence-electron chi connectivity index (χ1n) is 10.2. The van der Waals surface area contributed by atoms with Crippen LogP contribution in [0, 0.1) is 6.92 Å². The highest BCUT2D eigenvalue weighted by molar-refractivity contribution is 5.98. The third kappa shape index (κ3) is 4.16. The van der Waals surface area contributed by atoms with Gasteiger partial charge in [-0.15, -0.1) is 0 Å². The van der Waals surface area contributed by atoms with Crippen molar-refractivity contribution in [2.75, 3.05) is 19.4 Å². The Balaban J connectivity index is 1.59. The molecule has 1 fully saturated rings. The van der Waals surface area contributed by atoms with Gasteiger partial charge in [-0.2, -0.15) is 15.0 Å². The first-order chi connectivity index (χ1) is 15.0. The standard InChI is InChI=1S/C22H26N6O3/c1-14-4-7-17(19(12-14)28-25-10-11-26-28)22(29)27-13-16(6-5-15(27)2)31-21-20(30-3)18(23)8-9-24-21/h4,7-12,15-16H,5-6,13H2,1-3H3,(H2,23,24). The van der Waals surface area contributed by atoms with Gasteiger partial charge in [0.05, 0.1) is 43.0 Å². The third-order valence-electron chi connectivity index (χ3n) is 5.50. The van der Waals surface area contributed by atoms with Gasteiger partial charge in [-0.05, 0) is 50.5 Å². The van der Waals surface area contributed by atoms with E-state index < -0.39 is 0 Å². The number of amides is 1. The van der Waals surface area contributed by atoms with E-state index >= 15 is 0 Å². The topological polar surface area (TPSA) is 108 Å². The van der Waals surface area contributed by atoms with E-state index in [4.69, 9.17) is 15.2 Å². The van der Waals surface area contributed by atoms with Crippen molar-refractivity contribution in [3.8, 4) is 17.3 Å². The van der Waals surface area contributed by atoms with Crippen LogP contribution >= 0.6 is 0 Å². The van der Waals surface area contributed by atoms with E-state index in [1.807, 2.05) is 36.9 Å². The van der Waals surface area contributed by atoms with E-state index in [1.54, 1.807) is 24.7 Å². The lowest BCUT2D eigenvalue weighted by molar-refractivity contribution is 0.0366. The molecular weight excluding hydrogens is 396 g/mol. The van der Waals surface area contributed by atoms with E-state index in [0.717, 1.165) is 18.4 Å². The van der Waals surface area contributed by atoms with Crippen molar-refractivity contribution >= 4 is 11.6 Å². The Labute approximate surface area is 180 Å². The van der Waals surface area contributed by atoms with Crippen LogP contribution in [0.1, 0.15) is 35.7 Å². The number of nitrogens with two attached hydrogens (primary N) is 1. The molecular formula is C22H26N6O3. The minimum absolute atomic E-state index is 0.0720. The van der Waals surface area contributed by atoms with Crippen LogP contribution in [-0.4, -0.2) is 56.6 Å². The molecule has 9 nitrogen and oxygen atoms in total. The predicted octanol–water partition coefficient (Wildman–Crippen LogP) is 2.63. The molecule has 31 heavy (non-hydrogen) atoms. The summed E-state index contributed by atoms with van der Waals surface area (Å²) in [6.07, 6.45) is 6.15. The monoisotopic (exact) mass is 422 g/mol. The lowest BCUT2D eigenvalue weighted by Crippen LogP contribution is -2.49. The number of likely N-dealkylation sites (tertiary alicyclic amines) is 1. The van der Waals surface area contributed by atoms with Gasteiger partial charge in [-0.25, -0.2) is 4.98 Å². The van der Waals surface area contributed by atoms with E-state index in [2.05, 4.69) is 15.2 Å². The van der Waals surface area contributed by atoms with Crippen molar-refractivity contribution in [2.24, 2.45) is 0 Å². The fraction of sp³-hybridized carbons (Fsp3) is 0.364. The molecule has 0 saturated carbocycles. The fourth-order valence-corrected chi connectivity index (χ4v) is 3.83. The van der Waals surface area contributed by atoms with Gasteiger partial charge < -0.3 is 20.1 Å². The van der Waals surface area contributed by atoms with Crippen molar-refractivity contribution in [1.82, 2.24) is 24.9 Å². The molecule has 0 radical (unpaired) electrons. The Morgan fingerprint density at radius 3 is 2.68 bits per heavy atom. The third-order valence-corrected chi connectivity index (χ3v) is 5.50. The molecule has 0 aliphatic carbocycles. The quantitative estimate of drug-likeness (QED) is 0.673. The van der Waals surface area contributed by atoms with Crippen molar-refractivity contribution in [3.05, 3.63) is 54.0 Å². The number of nitrogens with zero attached hydrogens (tertiary/aromatic N) is 5. The summed E-state index contributed by atoms with van der Waals surface area (Å²) in [7, 11) is 1.53. The number of anilines is 1. The molecule has 2 atom stereocenters. The number of rotatable bonds is 5. The zero-order chi connectivity index (χ0) is 22.0. The summed E-state index contributed by atoms with van der Waals surface area (Å²) in [5.41, 5.74) is 8.65. The molecule has 1 amide bonds. The number of hydrogen-bond acceptors (Lipinski definition) is 7. The number of ether oxygens (including phenoxy) is 2. The molecule has 1 aromatic carbocycles. The molecule has 3 heterocycles. The van der Waals surface area contributed by atoms with Crippen molar-refractivity contribution in [2.45, 2.75) is 38.8 Å². The summed E-state index contributed by atoms with van der Waals surface area (Å²) in [5.74, 6) is 0.663. The molecule has 9 heteroatoms. The van der Waals surface area contributed by atoms with Crippen LogP contribution in [0.15, 0.2) is 42.9 Å². The fourth-order valence-electron chi connectivity index (χ4n) is 3.83. The number of aryl methyl sites for hydroxylation is 1. The summed E-state index contributed by atoms with van der Waals surface area (Å²) in [6.45, 7) is 4.45. The molecule has 0 spiro atoms. The van der Waals surface area contributed by atoms with Crippen LogP contribution in [0.3, 0.4) is 0 Å². The normalized spacial score (nSPS) is 18.6. The largest absolute Gasteiger partial charge is 0.490 e. The number of aromatic nitrogens is 4. The molecule has 1 aliphatic heterocycles. The lowest BCUT2D eigenvalue weighted by atomic mass is 9.99. The van der Waals surface area contributed by atoms with Gasteiger partial charge in [0.1, 0.15) is 6.10 Å². The number of nitrogen functional groups attached to an aromatic ring is 1. The van der Waals surface area contributed by atoms with E-state index in [0.29, 0.717) is 35.1 Å². The van der Waals surface area contributed by atoms with Gasteiger partial charge in [0.25, 0.3) is 11.8 Å². The Morgan fingerprint density at radius 2 is 1.94 bits per heavy atom. The van der Waals surface area contributed by atoms with E-state index in [1.165, 1.54) is 11.9 Å². The number of carbonyl (C=O) groups excluding carboxylic acids is 1. The maximum Gasteiger partial charge on any atom is 0.259 e. The molecule has 3 aromatic rings. The van der Waals surface area contributed by atoms with E-state index in [-0.39, 0.29) is 18.1 Å². The summed E-state index contributed by atoms with van der Waals surface area (Å²) in [6, 6.07) is 7.40. The van der Waals surface area contributed by atoms with Crippen LogP contribution in [-0.2, 0) is 0 Å². The van der Waals surface area contributed by atoms with E-state index in [9.17, 15) is 4.79 Å². The maximum atomic E-state index is 13.6. The van der Waals surface area contributed by atoms with Gasteiger partial charge in [0.15, 0.2) is 0 Å². The molecule has 162 valence electrons. The highest BCUT2D eigenvalue weighted by Crippen LogP contribution is 2.33. The van der Waals surface area contributed by atoms with Gasteiger partial charge in [-0.1, -0.05) is 6.07 Å². The smallest absolute Gasteiger partial charge is 0.259 e. The first kappa shape index (κ1) is 20.6. The Hall–Kier alpha value is -3.62. The second-order valence-electron chi connectivity index (χ2n) is 7.70. The summed E-state index contributed by atoms with van der Waals surface area (Å²) in [5, 5.41) is 8.42. The molecule has 1 saturated heterocycles. The Bertz CT molecular complexity index is 1070. The zero-order valence-corrected chi connectivity index (χ0v) is 17.9. The zero-order valence-electron chi connectivity index (χ0n) is 17.9.